The van der Waals surface area contributed by atoms with Crippen molar-refractivity contribution in [1.29, 1.82) is 0 Å². The molecule has 0 unspecified atom stereocenters. The maximum Gasteiger partial charge on any atom is 0.331 e. The van der Waals surface area contributed by atoms with Crippen LogP contribution in [0.4, 0.5) is 5.69 Å². The average Bonchev–Trinajstić information content (AvgIpc) is 3.06. The van der Waals surface area contributed by atoms with Gasteiger partial charge < -0.3 is 10.1 Å². The van der Waals surface area contributed by atoms with Crippen molar-refractivity contribution in [2.75, 3.05) is 5.32 Å². The van der Waals surface area contributed by atoms with E-state index in [0.717, 1.165) is 5.56 Å². The van der Waals surface area contributed by atoms with Gasteiger partial charge in [0, 0.05) is 17.3 Å². The van der Waals surface area contributed by atoms with Gasteiger partial charge in [0.2, 0.25) is 0 Å². The van der Waals surface area contributed by atoms with Gasteiger partial charge in [0.15, 0.2) is 11.9 Å². The smallest absolute Gasteiger partial charge is 0.331 e. The number of anilines is 1. The Morgan fingerprint density at radius 1 is 1.17 bits per heavy atom. The van der Waals surface area contributed by atoms with Gasteiger partial charge in [-0.15, -0.1) is 0 Å². The molecule has 1 aromatic heterocycles. The molecule has 2 aromatic rings. The van der Waals surface area contributed by atoms with Gasteiger partial charge in [0.05, 0.1) is 0 Å². The minimum atomic E-state index is -0.933. The van der Waals surface area contributed by atoms with E-state index in [9.17, 15) is 14.4 Å². The summed E-state index contributed by atoms with van der Waals surface area (Å²) in [5.41, 5.74) is 1.99. The highest BCUT2D eigenvalue weighted by molar-refractivity contribution is 7.08. The highest BCUT2D eigenvalue weighted by atomic mass is 32.1. The Morgan fingerprint density at radius 2 is 1.88 bits per heavy atom. The van der Waals surface area contributed by atoms with E-state index >= 15 is 0 Å². The number of thiophene rings is 1. The monoisotopic (exact) mass is 343 g/mol. The first-order chi connectivity index (χ1) is 11.5. The van der Waals surface area contributed by atoms with Crippen molar-refractivity contribution in [1.82, 2.24) is 0 Å². The maximum atomic E-state index is 12.0. The SMILES string of the molecule is CC(=O)c1ccc(NC(=O)[C@H](C)OC(=O)/C=C/c2ccsc2)cc1. The van der Waals surface area contributed by atoms with Gasteiger partial charge in [-0.05, 0) is 66.6 Å². The summed E-state index contributed by atoms with van der Waals surface area (Å²) in [6, 6.07) is 8.37. The molecule has 0 fully saturated rings. The summed E-state index contributed by atoms with van der Waals surface area (Å²) < 4.78 is 5.06. The van der Waals surface area contributed by atoms with E-state index in [1.54, 1.807) is 30.3 Å². The van der Waals surface area contributed by atoms with Crippen molar-refractivity contribution >= 4 is 40.8 Å². The van der Waals surface area contributed by atoms with Crippen LogP contribution >= 0.6 is 11.3 Å². The molecular formula is C18H17NO4S. The van der Waals surface area contributed by atoms with Gasteiger partial charge in [0.25, 0.3) is 5.91 Å². The highest BCUT2D eigenvalue weighted by Crippen LogP contribution is 2.11. The summed E-state index contributed by atoms with van der Waals surface area (Å²) in [6.45, 7) is 2.97. The number of ketones is 1. The Balaban J connectivity index is 1.87. The van der Waals surface area contributed by atoms with Crippen molar-refractivity contribution in [3.63, 3.8) is 0 Å². The number of nitrogens with one attached hydrogen (secondary N) is 1. The van der Waals surface area contributed by atoms with E-state index in [0.29, 0.717) is 11.3 Å². The summed E-state index contributed by atoms with van der Waals surface area (Å²) in [5.74, 6) is -1.08. The Bertz CT molecular complexity index is 748. The van der Waals surface area contributed by atoms with Crippen LogP contribution in [-0.2, 0) is 14.3 Å². The zero-order valence-electron chi connectivity index (χ0n) is 13.3. The number of hydrogen-bond donors (Lipinski definition) is 1. The summed E-state index contributed by atoms with van der Waals surface area (Å²) >= 11 is 1.53. The number of ether oxygens (including phenoxy) is 1. The molecule has 2 rings (SSSR count). The number of carbonyl (C=O) groups excluding carboxylic acids is 3. The third-order valence-corrected chi connectivity index (χ3v) is 3.88. The Hall–Kier alpha value is -2.73. The Morgan fingerprint density at radius 3 is 2.46 bits per heavy atom. The van der Waals surface area contributed by atoms with Crippen LogP contribution < -0.4 is 5.32 Å². The predicted octanol–water partition coefficient (Wildman–Crippen LogP) is 3.53. The molecule has 1 aromatic carbocycles. The summed E-state index contributed by atoms with van der Waals surface area (Å²) in [4.78, 5) is 34.9. The van der Waals surface area contributed by atoms with Gasteiger partial charge in [-0.25, -0.2) is 4.79 Å². The van der Waals surface area contributed by atoms with E-state index in [2.05, 4.69) is 5.32 Å². The van der Waals surface area contributed by atoms with Crippen LogP contribution in [0.5, 0.6) is 0 Å². The first kappa shape index (κ1) is 17.6. The number of hydrogen-bond acceptors (Lipinski definition) is 5. The molecule has 0 aliphatic carbocycles. The zero-order chi connectivity index (χ0) is 17.5. The standard InChI is InChI=1S/C18H17NO4S/c1-12(20)15-4-6-16(7-5-15)19-18(22)13(2)23-17(21)8-3-14-9-10-24-11-14/h3-11,13H,1-2H3,(H,19,22)/b8-3+/t13-/m0/s1. The van der Waals surface area contributed by atoms with Crippen molar-refractivity contribution in [2.45, 2.75) is 20.0 Å². The molecule has 0 radical (unpaired) electrons. The van der Waals surface area contributed by atoms with E-state index in [-0.39, 0.29) is 5.78 Å². The Labute approximate surface area is 144 Å². The first-order valence-corrected chi connectivity index (χ1v) is 8.23. The van der Waals surface area contributed by atoms with Crippen LogP contribution in [0.25, 0.3) is 6.08 Å². The Kier molecular flexibility index (Phi) is 6.03. The molecule has 124 valence electrons. The van der Waals surface area contributed by atoms with Crippen molar-refractivity contribution < 1.29 is 19.1 Å². The molecule has 0 aliphatic heterocycles. The van der Waals surface area contributed by atoms with Crippen molar-refractivity contribution in [2.24, 2.45) is 0 Å². The van der Waals surface area contributed by atoms with Crippen LogP contribution in [0.3, 0.4) is 0 Å². The van der Waals surface area contributed by atoms with E-state index < -0.39 is 18.0 Å². The topological polar surface area (TPSA) is 72.5 Å². The van der Waals surface area contributed by atoms with Crippen LogP contribution in [0.1, 0.15) is 29.8 Å². The van der Waals surface area contributed by atoms with E-state index in [1.165, 1.54) is 31.3 Å². The molecule has 1 N–H and O–H groups in total. The molecule has 6 heteroatoms. The second kappa shape index (κ2) is 8.21. The predicted molar refractivity (Wildman–Crippen MR) is 94.0 cm³/mol. The molecular weight excluding hydrogens is 326 g/mol. The van der Waals surface area contributed by atoms with Crippen LogP contribution in [0, 0.1) is 0 Å². The van der Waals surface area contributed by atoms with Gasteiger partial charge in [-0.1, -0.05) is 0 Å². The molecule has 0 bridgehead atoms. The zero-order valence-corrected chi connectivity index (χ0v) is 14.1. The minimum Gasteiger partial charge on any atom is -0.449 e. The number of amides is 1. The lowest BCUT2D eigenvalue weighted by Crippen LogP contribution is -2.29. The van der Waals surface area contributed by atoms with E-state index in [4.69, 9.17) is 4.74 Å². The lowest BCUT2D eigenvalue weighted by molar-refractivity contribution is -0.148. The van der Waals surface area contributed by atoms with Gasteiger partial charge in [-0.2, -0.15) is 11.3 Å². The van der Waals surface area contributed by atoms with E-state index in [1.807, 2.05) is 16.8 Å². The van der Waals surface area contributed by atoms with Crippen molar-refractivity contribution in [3.8, 4) is 0 Å². The second-order valence-electron chi connectivity index (χ2n) is 5.09. The molecule has 5 nitrogen and oxygen atoms in total. The number of benzene rings is 1. The quantitative estimate of drug-likeness (QED) is 0.495. The molecule has 1 heterocycles. The van der Waals surface area contributed by atoms with Crippen molar-refractivity contribution in [3.05, 3.63) is 58.3 Å². The average molecular weight is 343 g/mol. The number of rotatable bonds is 6. The van der Waals surface area contributed by atoms with Crippen LogP contribution in [0.2, 0.25) is 0 Å². The van der Waals surface area contributed by atoms with Gasteiger partial charge in [-0.3, -0.25) is 9.59 Å². The fourth-order valence-corrected chi connectivity index (χ4v) is 2.46. The third-order valence-electron chi connectivity index (χ3n) is 3.18. The third kappa shape index (κ3) is 5.17. The summed E-state index contributed by atoms with van der Waals surface area (Å²) in [6.07, 6.45) is 1.98. The maximum absolute atomic E-state index is 12.0. The lowest BCUT2D eigenvalue weighted by Gasteiger charge is -2.12. The molecule has 0 saturated heterocycles. The van der Waals surface area contributed by atoms with Gasteiger partial charge >= 0.3 is 5.97 Å². The molecule has 0 aliphatic rings. The first-order valence-electron chi connectivity index (χ1n) is 7.28. The highest BCUT2D eigenvalue weighted by Gasteiger charge is 2.16. The second-order valence-corrected chi connectivity index (χ2v) is 5.87. The molecule has 1 amide bonds. The van der Waals surface area contributed by atoms with Crippen LogP contribution in [0.15, 0.2) is 47.2 Å². The lowest BCUT2D eigenvalue weighted by atomic mass is 10.1. The molecule has 0 saturated carbocycles. The largest absolute Gasteiger partial charge is 0.449 e. The summed E-state index contributed by atoms with van der Waals surface area (Å²) in [7, 11) is 0. The molecule has 24 heavy (non-hydrogen) atoms. The number of esters is 1. The fraction of sp³-hybridized carbons (Fsp3) is 0.167. The normalized spacial score (nSPS) is 11.9. The minimum absolute atomic E-state index is 0.0485. The number of Topliss-reactive ketones (excluding diaryl/α,β-unsaturated/α-hetero) is 1. The van der Waals surface area contributed by atoms with Gasteiger partial charge in [0.1, 0.15) is 0 Å². The molecule has 0 spiro atoms. The molecule has 1 atom stereocenters. The number of carbonyl (C=O) groups is 3. The fourth-order valence-electron chi connectivity index (χ4n) is 1.83. The summed E-state index contributed by atoms with van der Waals surface area (Å²) in [5, 5.41) is 6.43. The van der Waals surface area contributed by atoms with Crippen LogP contribution in [-0.4, -0.2) is 23.8 Å².